The van der Waals surface area contributed by atoms with Crippen LogP contribution < -0.4 is 9.47 Å². The van der Waals surface area contributed by atoms with Crippen LogP contribution in [0.15, 0.2) is 84.6 Å². The molecule has 3 aromatic carbocycles. The van der Waals surface area contributed by atoms with Crippen molar-refractivity contribution in [1.82, 2.24) is 9.80 Å². The zero-order chi connectivity index (χ0) is 24.1. The summed E-state index contributed by atoms with van der Waals surface area (Å²) in [7, 11) is 4.95. The van der Waals surface area contributed by atoms with E-state index in [0.717, 1.165) is 11.1 Å². The average molecular weight is 457 g/mol. The summed E-state index contributed by atoms with van der Waals surface area (Å²) in [4.78, 5) is 30.4. The number of ether oxygens (including phenoxy) is 2. The van der Waals surface area contributed by atoms with Crippen LogP contribution in [0.3, 0.4) is 0 Å². The fourth-order valence-corrected chi connectivity index (χ4v) is 4.19. The van der Waals surface area contributed by atoms with Crippen LogP contribution in [0.25, 0.3) is 5.57 Å². The van der Waals surface area contributed by atoms with Gasteiger partial charge in [-0.2, -0.15) is 0 Å². The first-order valence-corrected chi connectivity index (χ1v) is 11.1. The van der Waals surface area contributed by atoms with Gasteiger partial charge in [0.05, 0.1) is 19.8 Å². The molecule has 6 heteroatoms. The van der Waals surface area contributed by atoms with Crippen molar-refractivity contribution in [2.45, 2.75) is 13.0 Å². The highest BCUT2D eigenvalue weighted by atomic mass is 16.5. The van der Waals surface area contributed by atoms with Gasteiger partial charge < -0.3 is 14.4 Å². The van der Waals surface area contributed by atoms with Crippen molar-refractivity contribution >= 4 is 17.4 Å². The van der Waals surface area contributed by atoms with Gasteiger partial charge in [-0.3, -0.25) is 14.5 Å². The maximum absolute atomic E-state index is 13.6. The molecule has 2 amide bonds. The average Bonchev–Trinajstić information content (AvgIpc) is 3.12. The Hall–Kier alpha value is -4.06. The molecule has 0 aromatic heterocycles. The molecule has 0 fully saturated rings. The van der Waals surface area contributed by atoms with Gasteiger partial charge in [-0.1, -0.05) is 66.7 Å². The zero-order valence-electron chi connectivity index (χ0n) is 19.7. The molecule has 0 saturated heterocycles. The van der Waals surface area contributed by atoms with Crippen LogP contribution in [0.4, 0.5) is 0 Å². The zero-order valence-corrected chi connectivity index (χ0v) is 19.7. The number of hydrogen-bond donors (Lipinski definition) is 0. The van der Waals surface area contributed by atoms with E-state index in [1.807, 2.05) is 72.6 Å². The van der Waals surface area contributed by atoms with E-state index in [1.54, 1.807) is 32.4 Å². The second-order valence-corrected chi connectivity index (χ2v) is 8.13. The molecule has 0 bridgehead atoms. The Kier molecular flexibility index (Phi) is 6.97. The van der Waals surface area contributed by atoms with Crippen LogP contribution in [0, 0.1) is 0 Å². The van der Waals surface area contributed by atoms with Gasteiger partial charge >= 0.3 is 0 Å². The lowest BCUT2D eigenvalue weighted by Gasteiger charge is -2.21. The molecule has 0 spiro atoms. The highest BCUT2D eigenvalue weighted by molar-refractivity contribution is 6.35. The Morgan fingerprint density at radius 1 is 0.765 bits per heavy atom. The number of carbonyl (C=O) groups excluding carboxylic acids is 2. The van der Waals surface area contributed by atoms with Gasteiger partial charge in [0.25, 0.3) is 11.8 Å². The number of rotatable bonds is 9. The molecule has 1 aliphatic heterocycles. The number of hydrogen-bond acceptors (Lipinski definition) is 5. The molecular formula is C28H28N2O4. The van der Waals surface area contributed by atoms with Crippen LogP contribution in [0.5, 0.6) is 11.5 Å². The van der Waals surface area contributed by atoms with Crippen molar-refractivity contribution in [2.24, 2.45) is 0 Å². The molecule has 4 rings (SSSR count). The van der Waals surface area contributed by atoms with Crippen molar-refractivity contribution in [1.29, 1.82) is 0 Å². The van der Waals surface area contributed by atoms with E-state index < -0.39 is 0 Å². The quantitative estimate of drug-likeness (QED) is 0.453. The standard InChI is InChI=1S/C28H28N2O4/c1-29(19-21-12-8-5-9-13-21)26-25(22-14-15-23(33-2)24(18-22)34-3)27(31)30(28(26)32)17-16-20-10-6-4-7-11-20/h4-15,18H,16-17,19H2,1-3H3. The Bertz CT molecular complexity index is 1210. The molecule has 174 valence electrons. The minimum atomic E-state index is -0.303. The predicted molar refractivity (Wildman–Crippen MR) is 131 cm³/mol. The first-order chi connectivity index (χ1) is 16.5. The van der Waals surface area contributed by atoms with E-state index in [0.29, 0.717) is 47.8 Å². The Morgan fingerprint density at radius 2 is 1.38 bits per heavy atom. The van der Waals surface area contributed by atoms with Crippen LogP contribution in [-0.4, -0.2) is 49.4 Å². The highest BCUT2D eigenvalue weighted by Gasteiger charge is 2.40. The maximum Gasteiger partial charge on any atom is 0.277 e. The van der Waals surface area contributed by atoms with E-state index in [9.17, 15) is 9.59 Å². The van der Waals surface area contributed by atoms with Gasteiger partial charge in [-0.25, -0.2) is 0 Å². The Labute approximate surface area is 200 Å². The van der Waals surface area contributed by atoms with Gasteiger partial charge in [-0.15, -0.1) is 0 Å². The fraction of sp³-hybridized carbons (Fsp3) is 0.214. The second-order valence-electron chi connectivity index (χ2n) is 8.13. The number of likely N-dealkylation sites (N-methyl/N-ethyl adjacent to an activating group) is 1. The molecular weight excluding hydrogens is 428 g/mol. The largest absolute Gasteiger partial charge is 0.493 e. The summed E-state index contributed by atoms with van der Waals surface area (Å²) >= 11 is 0. The molecule has 0 unspecified atom stereocenters. The third kappa shape index (κ3) is 4.66. The van der Waals surface area contributed by atoms with Crippen molar-refractivity contribution in [3.63, 3.8) is 0 Å². The summed E-state index contributed by atoms with van der Waals surface area (Å²) in [6, 6.07) is 25.0. The highest BCUT2D eigenvalue weighted by Crippen LogP contribution is 2.36. The lowest BCUT2D eigenvalue weighted by molar-refractivity contribution is -0.137. The lowest BCUT2D eigenvalue weighted by atomic mass is 10.0. The first kappa shape index (κ1) is 23.1. The van der Waals surface area contributed by atoms with Gasteiger partial charge in [-0.05, 0) is 35.2 Å². The molecule has 0 atom stereocenters. The van der Waals surface area contributed by atoms with Gasteiger partial charge in [0.1, 0.15) is 5.70 Å². The minimum absolute atomic E-state index is 0.288. The normalized spacial score (nSPS) is 13.4. The van der Waals surface area contributed by atoms with E-state index >= 15 is 0 Å². The SMILES string of the molecule is COc1ccc(C2=C(N(C)Cc3ccccc3)C(=O)N(CCc3ccccc3)C2=O)cc1OC. The molecule has 1 aliphatic rings. The van der Waals surface area contributed by atoms with Crippen LogP contribution in [0.2, 0.25) is 0 Å². The van der Waals surface area contributed by atoms with Crippen LogP contribution in [-0.2, 0) is 22.6 Å². The van der Waals surface area contributed by atoms with E-state index in [-0.39, 0.29) is 11.8 Å². The van der Waals surface area contributed by atoms with Crippen molar-refractivity contribution < 1.29 is 19.1 Å². The molecule has 0 saturated carbocycles. The second kappa shape index (κ2) is 10.3. The lowest BCUT2D eigenvalue weighted by Crippen LogP contribution is -2.35. The van der Waals surface area contributed by atoms with Crippen molar-refractivity contribution in [3.05, 3.63) is 101 Å². The van der Waals surface area contributed by atoms with Gasteiger partial charge in [0.15, 0.2) is 11.5 Å². The number of benzene rings is 3. The monoisotopic (exact) mass is 456 g/mol. The maximum atomic E-state index is 13.6. The topological polar surface area (TPSA) is 59.1 Å². The van der Waals surface area contributed by atoms with Gasteiger partial charge in [0, 0.05) is 20.1 Å². The summed E-state index contributed by atoms with van der Waals surface area (Å²) in [5, 5.41) is 0. The van der Waals surface area contributed by atoms with Crippen molar-refractivity contribution in [3.8, 4) is 11.5 Å². The molecule has 6 nitrogen and oxygen atoms in total. The summed E-state index contributed by atoms with van der Waals surface area (Å²) in [5.41, 5.74) is 3.49. The van der Waals surface area contributed by atoms with E-state index in [4.69, 9.17) is 9.47 Å². The Balaban J connectivity index is 1.71. The van der Waals surface area contributed by atoms with Gasteiger partial charge in [0.2, 0.25) is 0 Å². The molecule has 0 N–H and O–H groups in total. The summed E-state index contributed by atoms with van der Waals surface area (Å²) in [5.74, 6) is 0.469. The molecule has 1 heterocycles. The smallest absolute Gasteiger partial charge is 0.277 e. The summed E-state index contributed by atoms with van der Waals surface area (Å²) in [6.45, 7) is 0.805. The molecule has 3 aromatic rings. The van der Waals surface area contributed by atoms with E-state index in [2.05, 4.69) is 0 Å². The third-order valence-electron chi connectivity index (χ3n) is 5.93. The number of nitrogens with zero attached hydrogens (tertiary/aromatic N) is 2. The number of amides is 2. The number of imide groups is 1. The first-order valence-electron chi connectivity index (χ1n) is 11.1. The number of carbonyl (C=O) groups is 2. The minimum Gasteiger partial charge on any atom is -0.493 e. The van der Waals surface area contributed by atoms with Crippen molar-refractivity contribution in [2.75, 3.05) is 27.8 Å². The molecule has 0 aliphatic carbocycles. The van der Waals surface area contributed by atoms with Crippen LogP contribution >= 0.6 is 0 Å². The third-order valence-corrected chi connectivity index (χ3v) is 5.93. The molecule has 34 heavy (non-hydrogen) atoms. The summed E-state index contributed by atoms with van der Waals surface area (Å²) in [6.07, 6.45) is 0.590. The number of methoxy groups -OCH3 is 2. The summed E-state index contributed by atoms with van der Waals surface area (Å²) < 4.78 is 10.8. The predicted octanol–water partition coefficient (Wildman–Crippen LogP) is 4.16. The van der Waals surface area contributed by atoms with Crippen LogP contribution in [0.1, 0.15) is 16.7 Å². The fourth-order valence-electron chi connectivity index (χ4n) is 4.19. The van der Waals surface area contributed by atoms with E-state index in [1.165, 1.54) is 4.90 Å². The Morgan fingerprint density at radius 3 is 2.00 bits per heavy atom. The molecule has 0 radical (unpaired) electrons.